The van der Waals surface area contributed by atoms with Crippen LogP contribution in [0.5, 0.6) is 23.8 Å². The van der Waals surface area contributed by atoms with Crippen molar-refractivity contribution in [3.63, 3.8) is 0 Å². The number of carbonyl (C=O) groups excluding carboxylic acids is 1. The molecule has 4 rings (SSSR count). The summed E-state index contributed by atoms with van der Waals surface area (Å²) in [6, 6.07) is 21.6. The third kappa shape index (κ3) is 5.41. The molecule has 0 fully saturated rings. The molecule has 0 aliphatic rings. The molecule has 0 bridgehead atoms. The molecule has 9 heteroatoms. The minimum absolute atomic E-state index is 0.00362. The molecule has 0 radical (unpaired) electrons. The van der Waals surface area contributed by atoms with E-state index in [4.69, 9.17) is 30.5 Å². The van der Waals surface area contributed by atoms with Crippen LogP contribution in [0.15, 0.2) is 72.8 Å². The number of methoxy groups -OCH3 is 2. The number of aromatic nitrogens is 3. The van der Waals surface area contributed by atoms with Crippen LogP contribution in [0.2, 0.25) is 5.02 Å². The van der Waals surface area contributed by atoms with Crippen LogP contribution in [-0.4, -0.2) is 35.1 Å². The van der Waals surface area contributed by atoms with Crippen molar-refractivity contribution in [2.45, 2.75) is 6.61 Å². The van der Waals surface area contributed by atoms with Crippen LogP contribution in [0.25, 0.3) is 11.1 Å². The number of carbonyl (C=O) groups is 1. The molecule has 172 valence electrons. The van der Waals surface area contributed by atoms with Gasteiger partial charge in [0.1, 0.15) is 17.9 Å². The Morgan fingerprint density at radius 1 is 0.794 bits per heavy atom. The first-order valence-corrected chi connectivity index (χ1v) is 10.6. The van der Waals surface area contributed by atoms with Gasteiger partial charge in [-0.3, -0.25) is 0 Å². The van der Waals surface area contributed by atoms with Crippen LogP contribution in [-0.2, 0) is 11.3 Å². The predicted octanol–water partition coefficient (Wildman–Crippen LogP) is 5.36. The Labute approximate surface area is 201 Å². The van der Waals surface area contributed by atoms with E-state index in [0.29, 0.717) is 10.6 Å². The maximum absolute atomic E-state index is 13.3. The Morgan fingerprint density at radius 3 is 2.09 bits per heavy atom. The van der Waals surface area contributed by atoms with Crippen LogP contribution in [0, 0.1) is 0 Å². The van der Waals surface area contributed by atoms with Gasteiger partial charge < -0.3 is 18.9 Å². The van der Waals surface area contributed by atoms with E-state index in [1.807, 2.05) is 42.5 Å². The first-order valence-electron chi connectivity index (χ1n) is 10.2. The average molecular weight is 478 g/mol. The fourth-order valence-electron chi connectivity index (χ4n) is 3.14. The highest BCUT2D eigenvalue weighted by Gasteiger charge is 2.22. The molecule has 8 nitrogen and oxygen atoms in total. The summed E-state index contributed by atoms with van der Waals surface area (Å²) in [5.41, 5.74) is 2.42. The molecule has 0 saturated carbocycles. The van der Waals surface area contributed by atoms with Crippen molar-refractivity contribution in [2.24, 2.45) is 0 Å². The Bertz CT molecular complexity index is 1260. The smallest absolute Gasteiger partial charge is 0.342 e. The lowest BCUT2D eigenvalue weighted by Crippen LogP contribution is -2.10. The highest BCUT2D eigenvalue weighted by atomic mass is 35.5. The number of ether oxygens (including phenoxy) is 4. The molecule has 0 spiro atoms. The largest absolute Gasteiger partial charge is 0.467 e. The second kappa shape index (κ2) is 10.6. The van der Waals surface area contributed by atoms with Crippen molar-refractivity contribution in [1.29, 1.82) is 0 Å². The van der Waals surface area contributed by atoms with Gasteiger partial charge in [-0.05, 0) is 34.9 Å². The van der Waals surface area contributed by atoms with E-state index >= 15 is 0 Å². The van der Waals surface area contributed by atoms with Crippen LogP contribution in [0.4, 0.5) is 0 Å². The molecular formula is C25H20ClN3O5. The summed E-state index contributed by atoms with van der Waals surface area (Å²) in [6.45, 7) is 0.0987. The van der Waals surface area contributed by atoms with Gasteiger partial charge >= 0.3 is 24.0 Å². The second-order valence-corrected chi connectivity index (χ2v) is 7.38. The molecule has 0 saturated heterocycles. The zero-order chi connectivity index (χ0) is 23.9. The fourth-order valence-corrected chi connectivity index (χ4v) is 3.27. The van der Waals surface area contributed by atoms with Crippen LogP contribution >= 0.6 is 11.6 Å². The average Bonchev–Trinajstić information content (AvgIpc) is 2.88. The molecule has 0 aliphatic heterocycles. The molecule has 0 atom stereocenters. The molecule has 1 aromatic heterocycles. The molecule has 0 aliphatic carbocycles. The highest BCUT2D eigenvalue weighted by Crippen LogP contribution is 2.34. The molecule has 4 aromatic rings. The predicted molar refractivity (Wildman–Crippen MR) is 125 cm³/mol. The van der Waals surface area contributed by atoms with Crippen LogP contribution < -0.4 is 14.2 Å². The maximum atomic E-state index is 13.3. The SMILES string of the molecule is COc1nc(OC)nc(Oc2cccc(-c3ccc(Cl)cc3)c2C(=O)OCc2ccccc2)n1. The van der Waals surface area contributed by atoms with Gasteiger partial charge in [0.25, 0.3) is 0 Å². The molecule has 0 amide bonds. The Balaban J connectivity index is 1.74. The zero-order valence-corrected chi connectivity index (χ0v) is 19.2. The molecule has 1 heterocycles. The number of benzene rings is 3. The second-order valence-electron chi connectivity index (χ2n) is 6.94. The Hall–Kier alpha value is -4.17. The molecule has 0 unspecified atom stereocenters. The summed E-state index contributed by atoms with van der Waals surface area (Å²) < 4.78 is 21.7. The third-order valence-corrected chi connectivity index (χ3v) is 4.99. The van der Waals surface area contributed by atoms with Crippen molar-refractivity contribution in [2.75, 3.05) is 14.2 Å². The van der Waals surface area contributed by atoms with Gasteiger partial charge in [0.05, 0.1) is 14.2 Å². The zero-order valence-electron chi connectivity index (χ0n) is 18.4. The van der Waals surface area contributed by atoms with E-state index in [1.165, 1.54) is 14.2 Å². The van der Waals surface area contributed by atoms with E-state index < -0.39 is 5.97 Å². The lowest BCUT2D eigenvalue weighted by atomic mass is 9.99. The number of esters is 1. The van der Waals surface area contributed by atoms with E-state index in [-0.39, 0.29) is 36.0 Å². The van der Waals surface area contributed by atoms with E-state index in [2.05, 4.69) is 15.0 Å². The monoisotopic (exact) mass is 477 g/mol. The van der Waals surface area contributed by atoms with Crippen molar-refractivity contribution >= 4 is 17.6 Å². The van der Waals surface area contributed by atoms with Crippen LogP contribution in [0.3, 0.4) is 0 Å². The third-order valence-electron chi connectivity index (χ3n) is 4.74. The van der Waals surface area contributed by atoms with Crippen molar-refractivity contribution < 1.29 is 23.7 Å². The lowest BCUT2D eigenvalue weighted by Gasteiger charge is -2.15. The highest BCUT2D eigenvalue weighted by molar-refractivity contribution is 6.30. The van der Waals surface area contributed by atoms with Gasteiger partial charge in [-0.1, -0.05) is 66.2 Å². The maximum Gasteiger partial charge on any atom is 0.342 e. The number of hydrogen-bond acceptors (Lipinski definition) is 8. The minimum atomic E-state index is -0.572. The first kappa shape index (κ1) is 23.0. The minimum Gasteiger partial charge on any atom is -0.467 e. The Kier molecular flexibility index (Phi) is 7.19. The van der Waals surface area contributed by atoms with Gasteiger partial charge in [0, 0.05) is 5.02 Å². The topological polar surface area (TPSA) is 92.7 Å². The van der Waals surface area contributed by atoms with Gasteiger partial charge in [-0.15, -0.1) is 15.0 Å². The summed E-state index contributed by atoms with van der Waals surface area (Å²) in [5, 5.41) is 0.578. The number of rotatable bonds is 8. The van der Waals surface area contributed by atoms with Crippen molar-refractivity contribution in [3.8, 4) is 34.9 Å². The summed E-state index contributed by atoms with van der Waals surface area (Å²) in [7, 11) is 2.82. The number of hydrogen-bond donors (Lipinski definition) is 0. The summed E-state index contributed by atoms with van der Waals surface area (Å²) in [6.07, 6.45) is 0. The normalized spacial score (nSPS) is 10.4. The van der Waals surface area contributed by atoms with E-state index in [0.717, 1.165) is 11.1 Å². The Morgan fingerprint density at radius 2 is 1.44 bits per heavy atom. The first-order chi connectivity index (χ1) is 16.6. The summed E-state index contributed by atoms with van der Waals surface area (Å²) in [5.74, 6) is -0.377. The van der Waals surface area contributed by atoms with Gasteiger partial charge in [-0.2, -0.15) is 0 Å². The quantitative estimate of drug-likeness (QED) is 0.313. The van der Waals surface area contributed by atoms with Crippen LogP contribution in [0.1, 0.15) is 15.9 Å². The molecule has 3 aromatic carbocycles. The van der Waals surface area contributed by atoms with E-state index in [9.17, 15) is 4.79 Å². The summed E-state index contributed by atoms with van der Waals surface area (Å²) in [4.78, 5) is 25.4. The lowest BCUT2D eigenvalue weighted by molar-refractivity contribution is 0.0470. The van der Waals surface area contributed by atoms with Crippen molar-refractivity contribution in [3.05, 3.63) is 88.9 Å². The summed E-state index contributed by atoms with van der Waals surface area (Å²) >= 11 is 6.05. The molecule has 34 heavy (non-hydrogen) atoms. The van der Waals surface area contributed by atoms with E-state index in [1.54, 1.807) is 30.3 Å². The number of nitrogens with zero attached hydrogens (tertiary/aromatic N) is 3. The van der Waals surface area contributed by atoms with Gasteiger partial charge in [0.2, 0.25) is 0 Å². The van der Waals surface area contributed by atoms with Gasteiger partial charge in [-0.25, -0.2) is 4.79 Å². The van der Waals surface area contributed by atoms with Gasteiger partial charge in [0.15, 0.2) is 0 Å². The molecule has 0 N–H and O–H groups in total. The molecular weight excluding hydrogens is 458 g/mol. The standard InChI is InChI=1S/C25H20ClN3O5/c1-31-23-27-24(32-2)29-25(28-23)34-20-10-6-9-19(17-11-13-18(26)14-12-17)21(20)22(30)33-15-16-7-4-3-5-8-16/h3-14H,15H2,1-2H3. The fraction of sp³-hybridized carbons (Fsp3) is 0.120. The van der Waals surface area contributed by atoms with Crippen molar-refractivity contribution in [1.82, 2.24) is 15.0 Å². The number of halogens is 1.